The zero-order valence-corrected chi connectivity index (χ0v) is 50.8. The second-order valence-electron chi connectivity index (χ2n) is 22.1. The van der Waals surface area contributed by atoms with Crippen molar-refractivity contribution in [3.8, 4) is 0 Å². The van der Waals surface area contributed by atoms with Gasteiger partial charge in [0.1, 0.15) is 73.2 Å². The fourth-order valence-electron chi connectivity index (χ4n) is 9.91. The van der Waals surface area contributed by atoms with E-state index < -0.39 is 124 Å². The molecular formula is C66H109NO18. The number of aliphatic hydroxyl groups is 11. The van der Waals surface area contributed by atoms with Crippen molar-refractivity contribution >= 4 is 5.91 Å². The van der Waals surface area contributed by atoms with Gasteiger partial charge in [-0.05, 0) is 83.5 Å². The van der Waals surface area contributed by atoms with Crippen molar-refractivity contribution in [3.63, 3.8) is 0 Å². The molecule has 0 aromatic heterocycles. The van der Waals surface area contributed by atoms with Crippen LogP contribution in [0.25, 0.3) is 0 Å². The first-order chi connectivity index (χ1) is 41.3. The minimum Gasteiger partial charge on any atom is -0.394 e. The Kier molecular flexibility index (Phi) is 42.3. The summed E-state index contributed by atoms with van der Waals surface area (Å²) in [5.74, 6) is -0.299. The molecule has 85 heavy (non-hydrogen) atoms. The molecule has 3 fully saturated rings. The van der Waals surface area contributed by atoms with Gasteiger partial charge in [-0.3, -0.25) is 4.79 Å². The molecule has 0 aromatic carbocycles. The van der Waals surface area contributed by atoms with Gasteiger partial charge in [-0.25, -0.2) is 0 Å². The summed E-state index contributed by atoms with van der Waals surface area (Å²) in [4.78, 5) is 13.3. The quantitative estimate of drug-likeness (QED) is 0.0223. The monoisotopic (exact) mass is 1200 g/mol. The molecule has 0 bridgehead atoms. The van der Waals surface area contributed by atoms with E-state index in [2.05, 4.69) is 116 Å². The second kappa shape index (κ2) is 47.5. The summed E-state index contributed by atoms with van der Waals surface area (Å²) in [6.45, 7) is 1.52. The number of carbonyl (C=O) groups excluding carboxylic acids is 1. The third-order valence-electron chi connectivity index (χ3n) is 15.1. The van der Waals surface area contributed by atoms with E-state index in [-0.39, 0.29) is 18.9 Å². The van der Waals surface area contributed by atoms with E-state index in [1.54, 1.807) is 6.08 Å². The largest absolute Gasteiger partial charge is 0.394 e. The Morgan fingerprint density at radius 3 is 1.27 bits per heavy atom. The maximum absolute atomic E-state index is 13.3. The summed E-state index contributed by atoms with van der Waals surface area (Å²) in [5.41, 5.74) is 0. The number of carbonyl (C=O) groups is 1. The lowest BCUT2D eigenvalue weighted by Crippen LogP contribution is -2.66. The van der Waals surface area contributed by atoms with Gasteiger partial charge in [-0.1, -0.05) is 187 Å². The van der Waals surface area contributed by atoms with E-state index in [0.29, 0.717) is 6.42 Å². The lowest BCUT2D eigenvalue weighted by atomic mass is 9.96. The minimum absolute atomic E-state index is 0.218. The Morgan fingerprint density at radius 1 is 0.435 bits per heavy atom. The summed E-state index contributed by atoms with van der Waals surface area (Å²) in [7, 11) is 0. The van der Waals surface area contributed by atoms with Gasteiger partial charge < -0.3 is 89.9 Å². The van der Waals surface area contributed by atoms with Crippen LogP contribution in [0, 0.1) is 0 Å². The minimum atomic E-state index is -1.98. The Balaban J connectivity index is 1.40. The molecule has 12 N–H and O–H groups in total. The molecule has 3 saturated heterocycles. The Bertz CT molecular complexity index is 1970. The van der Waals surface area contributed by atoms with Crippen LogP contribution in [0.3, 0.4) is 0 Å². The fraction of sp³-hybridized carbons (Fsp3) is 0.712. The van der Waals surface area contributed by atoms with Gasteiger partial charge in [0.15, 0.2) is 18.9 Å². The summed E-state index contributed by atoms with van der Waals surface area (Å²) < 4.78 is 34.2. The summed E-state index contributed by atoms with van der Waals surface area (Å²) >= 11 is 0. The highest BCUT2D eigenvalue weighted by Gasteiger charge is 2.53. The number of hydrogen-bond donors (Lipinski definition) is 12. The molecule has 19 nitrogen and oxygen atoms in total. The van der Waals surface area contributed by atoms with Gasteiger partial charge in [-0.2, -0.15) is 0 Å². The highest BCUT2D eigenvalue weighted by atomic mass is 16.8. The van der Waals surface area contributed by atoms with Crippen LogP contribution in [0.5, 0.6) is 0 Å². The van der Waals surface area contributed by atoms with Gasteiger partial charge in [0.25, 0.3) is 0 Å². The molecule has 17 atom stereocenters. The first-order valence-corrected chi connectivity index (χ1v) is 31.6. The normalized spacial score (nSPS) is 29.7. The van der Waals surface area contributed by atoms with Crippen molar-refractivity contribution in [2.75, 3.05) is 26.4 Å². The van der Waals surface area contributed by atoms with E-state index in [1.807, 2.05) is 6.08 Å². The summed E-state index contributed by atoms with van der Waals surface area (Å²) in [6, 6.07) is -0.987. The van der Waals surface area contributed by atoms with Crippen LogP contribution in [-0.4, -0.2) is 193 Å². The zero-order chi connectivity index (χ0) is 61.9. The number of unbranched alkanes of at least 4 members (excludes halogenated alkanes) is 13. The standard InChI is InChI=1S/C66H109NO18/c1-3-5-7-9-11-13-14-15-16-17-18-19-20-21-22-23-24-25-26-27-28-29-30-31-32-33-34-36-38-40-42-44-54(72)67-49(50(71)43-41-39-37-35-12-10-8-6-4-2)48-80-64-60(78)57(75)62(52(46-69)82-64)85-66-61(79)58(76)63(53(47-70)83-66)84-65-59(77)56(74)55(73)51(45-68)81-65/h5,7,11,13,15-16,18-19,21-22,24-25,27-28,30-31,41,43,49-53,55-66,68-71,73-79H,3-4,6,8-10,12,14,17,20,23,26,29,32-40,42,44-48H2,1-2H3,(H,67,72)/b7-5-,13-11-,16-15-,19-18-,22-21-,25-24-,28-27-,31-30-,43-41+. The van der Waals surface area contributed by atoms with Crippen molar-refractivity contribution in [1.29, 1.82) is 0 Å². The van der Waals surface area contributed by atoms with Gasteiger partial charge in [0.05, 0.1) is 38.6 Å². The lowest BCUT2D eigenvalue weighted by molar-refractivity contribution is -0.379. The van der Waals surface area contributed by atoms with Gasteiger partial charge in [0.2, 0.25) is 5.91 Å². The average Bonchev–Trinajstić information content (AvgIpc) is 2.29. The Morgan fingerprint density at radius 2 is 0.812 bits per heavy atom. The van der Waals surface area contributed by atoms with Crippen LogP contribution < -0.4 is 5.32 Å². The van der Waals surface area contributed by atoms with Gasteiger partial charge in [-0.15, -0.1) is 0 Å². The fourth-order valence-corrected chi connectivity index (χ4v) is 9.91. The predicted octanol–water partition coefficient (Wildman–Crippen LogP) is 6.71. The number of aliphatic hydroxyl groups excluding tert-OH is 11. The van der Waals surface area contributed by atoms with E-state index in [1.165, 1.54) is 25.7 Å². The molecule has 17 unspecified atom stereocenters. The molecule has 0 spiro atoms. The van der Waals surface area contributed by atoms with E-state index >= 15 is 0 Å². The second-order valence-corrected chi connectivity index (χ2v) is 22.1. The van der Waals surface area contributed by atoms with Crippen molar-refractivity contribution in [2.45, 2.75) is 272 Å². The lowest BCUT2D eigenvalue weighted by Gasteiger charge is -2.48. The van der Waals surface area contributed by atoms with E-state index in [0.717, 1.165) is 116 Å². The number of rotatable bonds is 45. The SMILES string of the molecule is CC/C=C\C/C=C\C/C=C\C/C=C\C/C=C\C/C=C\C/C=C\C/C=C\CCCCCCCCC(=O)NC(COC1OC(CO)C(OC2OC(CO)C(OC3OC(CO)C(O)C(O)C3O)C(O)C2O)C(O)C1O)C(O)/C=C/CCCCCCCCC. The molecule has 3 rings (SSSR count). The molecule has 0 radical (unpaired) electrons. The number of ether oxygens (including phenoxy) is 6. The van der Waals surface area contributed by atoms with Crippen LogP contribution in [0.15, 0.2) is 109 Å². The molecule has 1 amide bonds. The Labute approximate surface area is 506 Å². The Hall–Kier alpha value is -3.55. The number of nitrogens with one attached hydrogen (secondary N) is 1. The molecule has 3 heterocycles. The zero-order valence-electron chi connectivity index (χ0n) is 50.8. The van der Waals surface area contributed by atoms with E-state index in [4.69, 9.17) is 28.4 Å². The van der Waals surface area contributed by atoms with Crippen LogP contribution in [0.4, 0.5) is 0 Å². The van der Waals surface area contributed by atoms with Crippen LogP contribution in [0.1, 0.15) is 168 Å². The van der Waals surface area contributed by atoms with Crippen molar-refractivity contribution in [3.05, 3.63) is 109 Å². The smallest absolute Gasteiger partial charge is 0.220 e. The predicted molar refractivity (Wildman–Crippen MR) is 327 cm³/mol. The molecular weight excluding hydrogens is 1090 g/mol. The van der Waals surface area contributed by atoms with Crippen molar-refractivity contribution in [1.82, 2.24) is 5.32 Å². The molecule has 19 heteroatoms. The number of hydrogen-bond acceptors (Lipinski definition) is 18. The third-order valence-corrected chi connectivity index (χ3v) is 15.1. The first-order valence-electron chi connectivity index (χ1n) is 31.6. The summed E-state index contributed by atoms with van der Waals surface area (Å²) in [5, 5.41) is 120. The van der Waals surface area contributed by atoms with E-state index in [9.17, 15) is 61.0 Å². The number of allylic oxidation sites excluding steroid dienone is 17. The van der Waals surface area contributed by atoms with Crippen molar-refractivity contribution < 1.29 is 89.4 Å². The third kappa shape index (κ3) is 30.5. The van der Waals surface area contributed by atoms with Gasteiger partial charge in [0, 0.05) is 6.42 Å². The highest BCUT2D eigenvalue weighted by molar-refractivity contribution is 5.76. The molecule has 0 saturated carbocycles. The maximum atomic E-state index is 13.3. The van der Waals surface area contributed by atoms with Crippen molar-refractivity contribution in [2.24, 2.45) is 0 Å². The number of amides is 1. The first kappa shape index (κ1) is 75.7. The van der Waals surface area contributed by atoms with Crippen LogP contribution >= 0.6 is 0 Å². The molecule has 3 aliphatic heterocycles. The molecule has 3 aliphatic rings. The maximum Gasteiger partial charge on any atom is 0.220 e. The molecule has 0 aromatic rings. The average molecular weight is 1200 g/mol. The highest BCUT2D eigenvalue weighted by Crippen LogP contribution is 2.33. The van der Waals surface area contributed by atoms with Gasteiger partial charge >= 0.3 is 0 Å². The molecule has 0 aliphatic carbocycles. The van der Waals surface area contributed by atoms with Crippen LogP contribution in [-0.2, 0) is 33.2 Å². The van der Waals surface area contributed by atoms with Crippen LogP contribution in [0.2, 0.25) is 0 Å². The summed E-state index contributed by atoms with van der Waals surface area (Å²) in [6.07, 6.45) is 35.2. The topological polar surface area (TPSA) is 307 Å². The molecule has 486 valence electrons.